The molecule has 1 aromatic heterocycles. The van der Waals surface area contributed by atoms with Gasteiger partial charge in [-0.05, 0) is 12.1 Å². The summed E-state index contributed by atoms with van der Waals surface area (Å²) in [5.74, 6) is 1.72. The largest absolute Gasteiger partial charge is 0.486 e. The van der Waals surface area contributed by atoms with E-state index in [2.05, 4.69) is 0 Å². The number of rotatable bonds is 3. The van der Waals surface area contributed by atoms with Gasteiger partial charge in [0.25, 0.3) is 0 Å². The van der Waals surface area contributed by atoms with Gasteiger partial charge in [0.1, 0.15) is 18.1 Å². The Bertz CT molecular complexity index is 611. The highest BCUT2D eigenvalue weighted by atomic mass is 16.5. The third-order valence-corrected chi connectivity index (χ3v) is 2.70. The van der Waals surface area contributed by atoms with E-state index in [4.69, 9.17) is 9.15 Å². The Kier molecular flexibility index (Phi) is 2.54. The fraction of sp³-hybridized carbons (Fsp3) is 0.0667. The minimum absolute atomic E-state index is 0.456. The molecular weight excluding hydrogens is 212 g/mol. The lowest BCUT2D eigenvalue weighted by Gasteiger charge is -2.03. The summed E-state index contributed by atoms with van der Waals surface area (Å²) in [5.41, 5.74) is 0. The van der Waals surface area contributed by atoms with Crippen LogP contribution in [0.25, 0.3) is 10.8 Å². The van der Waals surface area contributed by atoms with E-state index < -0.39 is 0 Å². The van der Waals surface area contributed by atoms with Crippen LogP contribution in [-0.2, 0) is 6.61 Å². The van der Waals surface area contributed by atoms with Gasteiger partial charge in [-0.3, -0.25) is 0 Å². The van der Waals surface area contributed by atoms with Gasteiger partial charge >= 0.3 is 0 Å². The highest BCUT2D eigenvalue weighted by Gasteiger charge is 2.05. The van der Waals surface area contributed by atoms with Gasteiger partial charge in [0.2, 0.25) is 0 Å². The van der Waals surface area contributed by atoms with Crippen LogP contribution >= 0.6 is 0 Å². The number of furan rings is 1. The van der Waals surface area contributed by atoms with E-state index in [-0.39, 0.29) is 0 Å². The quantitative estimate of drug-likeness (QED) is 0.670. The van der Waals surface area contributed by atoms with Gasteiger partial charge in [-0.1, -0.05) is 42.5 Å². The molecule has 0 N–H and O–H groups in total. The average Bonchev–Trinajstić information content (AvgIpc) is 2.81. The van der Waals surface area contributed by atoms with Gasteiger partial charge in [-0.15, -0.1) is 0 Å². The van der Waals surface area contributed by atoms with Crippen molar-refractivity contribution in [2.24, 2.45) is 0 Å². The first-order chi connectivity index (χ1) is 8.43. The molecule has 0 spiro atoms. The molecule has 84 valence electrons. The van der Waals surface area contributed by atoms with Gasteiger partial charge in [-0.25, -0.2) is 0 Å². The van der Waals surface area contributed by atoms with Crippen LogP contribution in [0.4, 0.5) is 0 Å². The van der Waals surface area contributed by atoms with Crippen LogP contribution in [-0.4, -0.2) is 0 Å². The average molecular weight is 224 g/mol. The summed E-state index contributed by atoms with van der Waals surface area (Å²) < 4.78 is 11.2. The van der Waals surface area contributed by atoms with Crippen LogP contribution in [0.5, 0.6) is 5.75 Å². The molecule has 3 aromatic rings. The molecule has 0 saturated carbocycles. The summed E-state index contributed by atoms with van der Waals surface area (Å²) in [6.45, 7) is 0.456. The first-order valence-electron chi connectivity index (χ1n) is 5.56. The van der Waals surface area contributed by atoms with E-state index in [0.717, 1.165) is 22.3 Å². The van der Waals surface area contributed by atoms with Crippen molar-refractivity contribution in [3.63, 3.8) is 0 Å². The van der Waals surface area contributed by atoms with E-state index in [1.807, 2.05) is 54.6 Å². The zero-order valence-electron chi connectivity index (χ0n) is 9.30. The Morgan fingerprint density at radius 3 is 2.53 bits per heavy atom. The Hall–Kier alpha value is -2.22. The van der Waals surface area contributed by atoms with E-state index in [1.165, 1.54) is 0 Å². The highest BCUT2D eigenvalue weighted by Crippen LogP contribution is 2.22. The summed E-state index contributed by atoms with van der Waals surface area (Å²) in [6, 6.07) is 17.8. The van der Waals surface area contributed by atoms with Crippen molar-refractivity contribution in [3.05, 3.63) is 66.6 Å². The van der Waals surface area contributed by atoms with Gasteiger partial charge in [-0.2, -0.15) is 0 Å². The maximum atomic E-state index is 5.66. The normalized spacial score (nSPS) is 10.6. The summed E-state index contributed by atoms with van der Waals surface area (Å²) >= 11 is 0. The number of hydrogen-bond acceptors (Lipinski definition) is 2. The van der Waals surface area contributed by atoms with Crippen molar-refractivity contribution in [2.45, 2.75) is 6.61 Å². The fourth-order valence-corrected chi connectivity index (χ4v) is 1.83. The Morgan fingerprint density at radius 1 is 0.882 bits per heavy atom. The van der Waals surface area contributed by atoms with Gasteiger partial charge in [0.15, 0.2) is 0 Å². The predicted molar refractivity (Wildman–Crippen MR) is 67.0 cm³/mol. The lowest BCUT2D eigenvalue weighted by Crippen LogP contribution is -1.93. The van der Waals surface area contributed by atoms with Crippen molar-refractivity contribution in [2.75, 3.05) is 0 Å². The first kappa shape index (κ1) is 9.97. The maximum Gasteiger partial charge on any atom is 0.149 e. The van der Waals surface area contributed by atoms with Crippen molar-refractivity contribution >= 4 is 10.8 Å². The molecule has 0 atom stereocenters. The molecule has 0 bridgehead atoms. The topological polar surface area (TPSA) is 22.4 Å². The smallest absolute Gasteiger partial charge is 0.149 e. The number of hydrogen-bond donors (Lipinski definition) is 0. The lowest BCUT2D eigenvalue weighted by molar-refractivity contribution is 0.272. The number of ether oxygens (including phenoxy) is 1. The molecule has 0 aliphatic carbocycles. The molecule has 0 aliphatic heterocycles. The Labute approximate surface area is 99.4 Å². The second-order valence-corrected chi connectivity index (χ2v) is 3.85. The lowest BCUT2D eigenvalue weighted by atomic mass is 10.2. The van der Waals surface area contributed by atoms with Crippen LogP contribution < -0.4 is 4.74 Å². The SMILES string of the molecule is c1ccc(OCc2occ3ccccc23)cc1. The fourth-order valence-electron chi connectivity index (χ4n) is 1.83. The number of benzene rings is 2. The highest BCUT2D eigenvalue weighted by molar-refractivity contribution is 5.83. The summed E-state index contributed by atoms with van der Waals surface area (Å²) in [4.78, 5) is 0. The molecule has 2 aromatic carbocycles. The molecule has 0 aliphatic rings. The van der Waals surface area contributed by atoms with E-state index in [1.54, 1.807) is 6.26 Å². The minimum Gasteiger partial charge on any atom is -0.486 e. The standard InChI is InChI=1S/C15H12O2/c1-2-7-13(8-3-1)16-11-15-14-9-5-4-6-12(14)10-17-15/h1-10H,11H2. The van der Waals surface area contributed by atoms with Crippen LogP contribution in [0.2, 0.25) is 0 Å². The third-order valence-electron chi connectivity index (χ3n) is 2.70. The molecule has 2 nitrogen and oxygen atoms in total. The van der Waals surface area contributed by atoms with Crippen molar-refractivity contribution in [1.29, 1.82) is 0 Å². The first-order valence-corrected chi connectivity index (χ1v) is 5.56. The monoisotopic (exact) mass is 224 g/mol. The molecule has 3 rings (SSSR count). The van der Waals surface area contributed by atoms with Crippen LogP contribution in [0, 0.1) is 0 Å². The number of fused-ring (bicyclic) bond motifs is 1. The van der Waals surface area contributed by atoms with E-state index >= 15 is 0 Å². The zero-order chi connectivity index (χ0) is 11.5. The second kappa shape index (κ2) is 4.34. The Morgan fingerprint density at radius 2 is 1.65 bits per heavy atom. The van der Waals surface area contributed by atoms with E-state index in [0.29, 0.717) is 6.61 Å². The van der Waals surface area contributed by atoms with Crippen molar-refractivity contribution in [1.82, 2.24) is 0 Å². The molecule has 2 heteroatoms. The third kappa shape index (κ3) is 2.02. The molecule has 17 heavy (non-hydrogen) atoms. The van der Waals surface area contributed by atoms with Gasteiger partial charge < -0.3 is 9.15 Å². The van der Waals surface area contributed by atoms with Crippen LogP contribution in [0.1, 0.15) is 5.76 Å². The molecular formula is C15H12O2. The van der Waals surface area contributed by atoms with Crippen molar-refractivity contribution in [3.8, 4) is 5.75 Å². The zero-order valence-corrected chi connectivity index (χ0v) is 9.30. The van der Waals surface area contributed by atoms with Crippen molar-refractivity contribution < 1.29 is 9.15 Å². The van der Waals surface area contributed by atoms with E-state index in [9.17, 15) is 0 Å². The molecule has 0 fully saturated rings. The summed E-state index contributed by atoms with van der Waals surface area (Å²) in [6.07, 6.45) is 1.76. The predicted octanol–water partition coefficient (Wildman–Crippen LogP) is 4.01. The molecule has 0 unspecified atom stereocenters. The molecule has 0 radical (unpaired) electrons. The molecule has 0 saturated heterocycles. The molecule has 0 amide bonds. The van der Waals surface area contributed by atoms with Gasteiger partial charge in [0, 0.05) is 10.8 Å². The minimum atomic E-state index is 0.456. The maximum absolute atomic E-state index is 5.66. The summed E-state index contributed by atoms with van der Waals surface area (Å²) in [5, 5.41) is 2.22. The number of para-hydroxylation sites is 1. The second-order valence-electron chi connectivity index (χ2n) is 3.85. The van der Waals surface area contributed by atoms with Gasteiger partial charge in [0.05, 0.1) is 6.26 Å². The molecule has 1 heterocycles. The Balaban J connectivity index is 1.82. The van der Waals surface area contributed by atoms with Crippen LogP contribution in [0.3, 0.4) is 0 Å². The van der Waals surface area contributed by atoms with Crippen LogP contribution in [0.15, 0.2) is 65.3 Å². The summed E-state index contributed by atoms with van der Waals surface area (Å²) in [7, 11) is 0.